The van der Waals surface area contributed by atoms with Gasteiger partial charge < -0.3 is 14.8 Å². The molecule has 0 radical (unpaired) electrons. The van der Waals surface area contributed by atoms with Crippen LogP contribution in [-0.2, 0) is 9.53 Å². The van der Waals surface area contributed by atoms with Gasteiger partial charge >= 0.3 is 5.97 Å². The largest absolute Gasteiger partial charge is 0.497 e. The lowest BCUT2D eigenvalue weighted by Crippen LogP contribution is -2.47. The lowest BCUT2D eigenvalue weighted by Gasteiger charge is -2.33. The number of nitrogens with zero attached hydrogens (tertiary/aromatic N) is 1. The number of piperazine rings is 1. The van der Waals surface area contributed by atoms with E-state index < -0.39 is 0 Å². The molecule has 1 aliphatic rings. The topological polar surface area (TPSA) is 50.8 Å². The zero-order valence-electron chi connectivity index (χ0n) is 11.4. The fraction of sp³-hybridized carbons (Fsp3) is 0.500. The number of hydrogen-bond acceptors (Lipinski definition) is 5. The molecule has 5 heteroatoms. The highest BCUT2D eigenvalue weighted by Gasteiger charge is 2.22. The maximum Gasteiger partial charge on any atom is 0.319 e. The summed E-state index contributed by atoms with van der Waals surface area (Å²) in [6, 6.07) is 8.22. The van der Waals surface area contributed by atoms with Crippen LogP contribution in [0.5, 0.6) is 5.75 Å². The zero-order chi connectivity index (χ0) is 13.7. The highest BCUT2D eigenvalue weighted by molar-refractivity contribution is 5.71. The molecule has 19 heavy (non-hydrogen) atoms. The fourth-order valence-electron chi connectivity index (χ4n) is 2.28. The maximum atomic E-state index is 11.3. The van der Waals surface area contributed by atoms with Gasteiger partial charge in [0.05, 0.1) is 20.8 Å². The normalized spacial score (nSPS) is 20.0. The van der Waals surface area contributed by atoms with E-state index in [-0.39, 0.29) is 12.0 Å². The molecule has 1 heterocycles. The molecule has 1 atom stereocenters. The van der Waals surface area contributed by atoms with Crippen molar-refractivity contribution in [1.82, 2.24) is 10.2 Å². The first-order valence-electron chi connectivity index (χ1n) is 6.39. The molecular weight excluding hydrogens is 244 g/mol. The molecule has 1 N–H and O–H groups in total. The summed E-state index contributed by atoms with van der Waals surface area (Å²) in [5, 5.41) is 3.46. The second-order valence-corrected chi connectivity index (χ2v) is 4.59. The predicted molar refractivity (Wildman–Crippen MR) is 72.2 cm³/mol. The molecule has 2 rings (SSSR count). The van der Waals surface area contributed by atoms with E-state index >= 15 is 0 Å². The summed E-state index contributed by atoms with van der Waals surface area (Å²) < 4.78 is 9.95. The van der Waals surface area contributed by atoms with Crippen molar-refractivity contribution in [1.29, 1.82) is 0 Å². The van der Waals surface area contributed by atoms with Crippen molar-refractivity contribution in [3.63, 3.8) is 0 Å². The van der Waals surface area contributed by atoms with Crippen LogP contribution >= 0.6 is 0 Å². The average molecular weight is 264 g/mol. The minimum atomic E-state index is -0.189. The SMILES string of the molecule is COC(=O)CN1CCN[C@@H](c2cccc(OC)c2)C1. The van der Waals surface area contributed by atoms with Crippen molar-refractivity contribution in [2.75, 3.05) is 40.4 Å². The van der Waals surface area contributed by atoms with E-state index in [1.807, 2.05) is 18.2 Å². The lowest BCUT2D eigenvalue weighted by molar-refractivity contribution is -0.142. The van der Waals surface area contributed by atoms with Gasteiger partial charge in [-0.25, -0.2) is 0 Å². The molecular formula is C14H20N2O3. The van der Waals surface area contributed by atoms with Gasteiger partial charge in [-0.2, -0.15) is 0 Å². The van der Waals surface area contributed by atoms with Crippen LogP contribution in [0.1, 0.15) is 11.6 Å². The molecule has 0 spiro atoms. The molecule has 5 nitrogen and oxygen atoms in total. The number of ether oxygens (including phenoxy) is 2. The number of esters is 1. The Bertz CT molecular complexity index is 436. The molecule has 1 aromatic rings. The molecule has 0 saturated carbocycles. The summed E-state index contributed by atoms with van der Waals surface area (Å²) in [5.74, 6) is 0.663. The van der Waals surface area contributed by atoms with E-state index in [0.29, 0.717) is 6.54 Å². The summed E-state index contributed by atoms with van der Waals surface area (Å²) in [5.41, 5.74) is 1.17. The number of methoxy groups -OCH3 is 2. The first-order valence-corrected chi connectivity index (χ1v) is 6.39. The van der Waals surface area contributed by atoms with Gasteiger partial charge in [-0.3, -0.25) is 9.69 Å². The van der Waals surface area contributed by atoms with Crippen LogP contribution in [0.3, 0.4) is 0 Å². The maximum absolute atomic E-state index is 11.3. The summed E-state index contributed by atoms with van der Waals surface area (Å²) in [6.07, 6.45) is 0. The summed E-state index contributed by atoms with van der Waals surface area (Å²) in [4.78, 5) is 13.4. The molecule has 1 saturated heterocycles. The first kappa shape index (κ1) is 13.8. The Morgan fingerprint density at radius 3 is 3.05 bits per heavy atom. The number of rotatable bonds is 4. The van der Waals surface area contributed by atoms with Gasteiger partial charge in [-0.05, 0) is 17.7 Å². The van der Waals surface area contributed by atoms with E-state index in [2.05, 4.69) is 16.3 Å². The van der Waals surface area contributed by atoms with E-state index in [0.717, 1.165) is 25.4 Å². The van der Waals surface area contributed by atoms with Crippen molar-refractivity contribution in [2.45, 2.75) is 6.04 Å². The second kappa shape index (κ2) is 6.54. The van der Waals surface area contributed by atoms with Crippen molar-refractivity contribution in [2.24, 2.45) is 0 Å². The van der Waals surface area contributed by atoms with E-state index in [1.54, 1.807) is 7.11 Å². The van der Waals surface area contributed by atoms with Gasteiger partial charge in [-0.1, -0.05) is 12.1 Å². The third-order valence-corrected chi connectivity index (χ3v) is 3.34. The quantitative estimate of drug-likeness (QED) is 0.816. The molecule has 0 unspecified atom stereocenters. The van der Waals surface area contributed by atoms with Crippen molar-refractivity contribution in [3.05, 3.63) is 29.8 Å². The van der Waals surface area contributed by atoms with Crippen LogP contribution in [0, 0.1) is 0 Å². The molecule has 0 aliphatic carbocycles. The van der Waals surface area contributed by atoms with Gasteiger partial charge in [0.15, 0.2) is 0 Å². The highest BCUT2D eigenvalue weighted by atomic mass is 16.5. The van der Waals surface area contributed by atoms with E-state index in [1.165, 1.54) is 12.7 Å². The number of carbonyl (C=O) groups is 1. The molecule has 1 aromatic carbocycles. The third-order valence-electron chi connectivity index (χ3n) is 3.34. The minimum absolute atomic E-state index is 0.189. The molecule has 0 bridgehead atoms. The Morgan fingerprint density at radius 1 is 1.47 bits per heavy atom. The average Bonchev–Trinajstić information content (AvgIpc) is 2.47. The minimum Gasteiger partial charge on any atom is -0.497 e. The van der Waals surface area contributed by atoms with Crippen molar-refractivity contribution >= 4 is 5.97 Å². The van der Waals surface area contributed by atoms with E-state index in [9.17, 15) is 4.79 Å². The molecule has 1 fully saturated rings. The van der Waals surface area contributed by atoms with Gasteiger partial charge in [-0.15, -0.1) is 0 Å². The molecule has 104 valence electrons. The van der Waals surface area contributed by atoms with Gasteiger partial charge in [0.1, 0.15) is 5.75 Å². The van der Waals surface area contributed by atoms with Gasteiger partial charge in [0.25, 0.3) is 0 Å². The zero-order valence-corrected chi connectivity index (χ0v) is 11.4. The number of nitrogens with one attached hydrogen (secondary N) is 1. The van der Waals surface area contributed by atoms with Crippen molar-refractivity contribution in [3.8, 4) is 5.75 Å². The number of carbonyl (C=O) groups excluding carboxylic acids is 1. The van der Waals surface area contributed by atoms with Crippen molar-refractivity contribution < 1.29 is 14.3 Å². The molecule has 1 aliphatic heterocycles. The predicted octanol–water partition coefficient (Wildman–Crippen LogP) is 0.814. The van der Waals surface area contributed by atoms with Crippen LogP contribution in [0.25, 0.3) is 0 Å². The van der Waals surface area contributed by atoms with Crippen LogP contribution < -0.4 is 10.1 Å². The standard InChI is InChI=1S/C14H20N2O3/c1-18-12-5-3-4-11(8-12)13-9-16(7-6-15-13)10-14(17)19-2/h3-5,8,13,15H,6-7,9-10H2,1-2H3/t13-/m1/s1. The highest BCUT2D eigenvalue weighted by Crippen LogP contribution is 2.21. The Hall–Kier alpha value is -1.59. The molecule has 0 amide bonds. The Kier molecular flexibility index (Phi) is 4.76. The van der Waals surface area contributed by atoms with E-state index in [4.69, 9.17) is 9.47 Å². The van der Waals surface area contributed by atoms with Crippen LogP contribution in [0.4, 0.5) is 0 Å². The number of hydrogen-bond donors (Lipinski definition) is 1. The van der Waals surface area contributed by atoms with Crippen LogP contribution in [0.2, 0.25) is 0 Å². The Balaban J connectivity index is 2.01. The van der Waals surface area contributed by atoms with Gasteiger partial charge in [0, 0.05) is 25.7 Å². The Morgan fingerprint density at radius 2 is 2.32 bits per heavy atom. The number of benzene rings is 1. The third kappa shape index (κ3) is 3.68. The van der Waals surface area contributed by atoms with Gasteiger partial charge in [0.2, 0.25) is 0 Å². The van der Waals surface area contributed by atoms with Crippen LogP contribution in [-0.4, -0.2) is 51.3 Å². The summed E-state index contributed by atoms with van der Waals surface area (Å²) >= 11 is 0. The van der Waals surface area contributed by atoms with Crippen LogP contribution in [0.15, 0.2) is 24.3 Å². The smallest absolute Gasteiger partial charge is 0.319 e. The Labute approximate surface area is 113 Å². The lowest BCUT2D eigenvalue weighted by atomic mass is 10.0. The monoisotopic (exact) mass is 264 g/mol. The second-order valence-electron chi connectivity index (χ2n) is 4.59. The summed E-state index contributed by atoms with van der Waals surface area (Å²) in [6.45, 7) is 2.86. The summed E-state index contributed by atoms with van der Waals surface area (Å²) in [7, 11) is 3.08. The fourth-order valence-corrected chi connectivity index (χ4v) is 2.28. The first-order chi connectivity index (χ1) is 9.22. The molecule has 0 aromatic heterocycles.